The molecule has 2 nitrogen and oxygen atoms in total. The Bertz CT molecular complexity index is 213. The van der Waals surface area contributed by atoms with Crippen LogP contribution in [0, 0.1) is 11.8 Å². The van der Waals surface area contributed by atoms with Crippen LogP contribution in [0.2, 0.25) is 0 Å². The molecule has 1 fully saturated rings. The second-order valence-corrected chi connectivity index (χ2v) is 5.55. The van der Waals surface area contributed by atoms with E-state index in [1.165, 1.54) is 44.9 Å². The van der Waals surface area contributed by atoms with Crippen LogP contribution in [0.5, 0.6) is 0 Å². The third kappa shape index (κ3) is 5.56. The fourth-order valence-electron chi connectivity index (χ4n) is 3.07. The second-order valence-electron chi connectivity index (χ2n) is 5.55. The monoisotopic (exact) mass is 240 g/mol. The number of carboxylic acids is 1. The summed E-state index contributed by atoms with van der Waals surface area (Å²) >= 11 is 0. The summed E-state index contributed by atoms with van der Waals surface area (Å²) in [6, 6.07) is 0. The van der Waals surface area contributed by atoms with Crippen molar-refractivity contribution in [2.45, 2.75) is 77.6 Å². The molecule has 0 heterocycles. The van der Waals surface area contributed by atoms with Gasteiger partial charge in [0.2, 0.25) is 0 Å². The zero-order chi connectivity index (χ0) is 12.5. The van der Waals surface area contributed by atoms with E-state index in [1.54, 1.807) is 0 Å². The van der Waals surface area contributed by atoms with Gasteiger partial charge in [-0.15, -0.1) is 0 Å². The number of rotatable bonds is 7. The Morgan fingerprint density at radius 2 is 1.76 bits per heavy atom. The van der Waals surface area contributed by atoms with Gasteiger partial charge in [0, 0.05) is 0 Å². The molecule has 0 aliphatic heterocycles. The molecule has 0 bridgehead atoms. The van der Waals surface area contributed by atoms with E-state index in [9.17, 15) is 9.90 Å². The van der Waals surface area contributed by atoms with Gasteiger partial charge in [0.15, 0.2) is 0 Å². The first-order chi connectivity index (χ1) is 8.25. The molecule has 0 radical (unpaired) electrons. The number of carboxylic acid groups (broad SMARTS) is 1. The van der Waals surface area contributed by atoms with Gasteiger partial charge >= 0.3 is 5.97 Å². The molecule has 0 aromatic heterocycles. The molecule has 1 N–H and O–H groups in total. The summed E-state index contributed by atoms with van der Waals surface area (Å²) in [5.41, 5.74) is 0. The largest absolute Gasteiger partial charge is 0.481 e. The van der Waals surface area contributed by atoms with Crippen molar-refractivity contribution in [1.82, 2.24) is 0 Å². The molecule has 1 rings (SSSR count). The standard InChI is InChI=1S/C15H28O2/c1-2-3-4-5-7-10-13-11-8-6-9-12-14(13)15(16)17/h13-14H,2-12H2,1H3,(H,16,17). The number of carbonyl (C=O) groups is 1. The molecular formula is C15H28O2. The number of hydrogen-bond acceptors (Lipinski definition) is 1. The molecule has 0 aromatic rings. The van der Waals surface area contributed by atoms with Gasteiger partial charge in [0.25, 0.3) is 0 Å². The summed E-state index contributed by atoms with van der Waals surface area (Å²) in [4.78, 5) is 11.3. The van der Waals surface area contributed by atoms with Crippen LogP contribution in [0.15, 0.2) is 0 Å². The molecule has 2 unspecified atom stereocenters. The lowest BCUT2D eigenvalue weighted by Gasteiger charge is -2.21. The maximum absolute atomic E-state index is 11.3. The number of aliphatic carboxylic acids is 1. The van der Waals surface area contributed by atoms with E-state index >= 15 is 0 Å². The minimum atomic E-state index is -0.551. The molecule has 0 aromatic carbocycles. The van der Waals surface area contributed by atoms with Crippen LogP contribution in [0.25, 0.3) is 0 Å². The SMILES string of the molecule is CCCCCCCC1CCCCCC1C(=O)O. The third-order valence-corrected chi connectivity index (χ3v) is 4.15. The molecule has 100 valence electrons. The van der Waals surface area contributed by atoms with Gasteiger partial charge in [0.1, 0.15) is 0 Å². The van der Waals surface area contributed by atoms with Crippen molar-refractivity contribution in [1.29, 1.82) is 0 Å². The quantitative estimate of drug-likeness (QED) is 0.520. The summed E-state index contributed by atoms with van der Waals surface area (Å²) in [7, 11) is 0. The van der Waals surface area contributed by atoms with Crippen LogP contribution in [0.3, 0.4) is 0 Å². The van der Waals surface area contributed by atoms with Crippen molar-refractivity contribution in [2.75, 3.05) is 0 Å². The minimum Gasteiger partial charge on any atom is -0.481 e. The van der Waals surface area contributed by atoms with Gasteiger partial charge in [-0.2, -0.15) is 0 Å². The van der Waals surface area contributed by atoms with Crippen LogP contribution in [-0.4, -0.2) is 11.1 Å². The molecular weight excluding hydrogens is 212 g/mol. The van der Waals surface area contributed by atoms with Crippen LogP contribution in [-0.2, 0) is 4.79 Å². The fourth-order valence-corrected chi connectivity index (χ4v) is 3.07. The average molecular weight is 240 g/mol. The Labute approximate surface area is 106 Å². The lowest BCUT2D eigenvalue weighted by molar-refractivity contribution is -0.144. The minimum absolute atomic E-state index is 0.0522. The van der Waals surface area contributed by atoms with E-state index in [2.05, 4.69) is 6.92 Å². The van der Waals surface area contributed by atoms with Crippen LogP contribution >= 0.6 is 0 Å². The number of unbranched alkanes of at least 4 members (excludes halogenated alkanes) is 4. The molecule has 2 atom stereocenters. The smallest absolute Gasteiger partial charge is 0.306 e. The van der Waals surface area contributed by atoms with Crippen molar-refractivity contribution in [3.8, 4) is 0 Å². The highest BCUT2D eigenvalue weighted by Crippen LogP contribution is 2.32. The van der Waals surface area contributed by atoms with Crippen LogP contribution in [0.4, 0.5) is 0 Å². The maximum Gasteiger partial charge on any atom is 0.306 e. The van der Waals surface area contributed by atoms with E-state index in [0.29, 0.717) is 5.92 Å². The first-order valence-corrected chi connectivity index (χ1v) is 7.48. The Morgan fingerprint density at radius 1 is 1.06 bits per heavy atom. The van der Waals surface area contributed by atoms with Gasteiger partial charge in [-0.05, 0) is 25.2 Å². The normalized spacial score (nSPS) is 25.5. The third-order valence-electron chi connectivity index (χ3n) is 4.15. The summed E-state index contributed by atoms with van der Waals surface area (Å²) in [5, 5.41) is 9.27. The van der Waals surface area contributed by atoms with Gasteiger partial charge in [-0.3, -0.25) is 4.79 Å². The number of hydrogen-bond donors (Lipinski definition) is 1. The van der Waals surface area contributed by atoms with Crippen molar-refractivity contribution >= 4 is 5.97 Å². The Kier molecular flexibility index (Phi) is 7.30. The van der Waals surface area contributed by atoms with Gasteiger partial charge in [0.05, 0.1) is 5.92 Å². The highest BCUT2D eigenvalue weighted by atomic mass is 16.4. The fraction of sp³-hybridized carbons (Fsp3) is 0.933. The van der Waals surface area contributed by atoms with Gasteiger partial charge in [-0.1, -0.05) is 58.3 Å². The highest BCUT2D eigenvalue weighted by molar-refractivity contribution is 5.70. The molecule has 0 saturated heterocycles. The molecule has 17 heavy (non-hydrogen) atoms. The van der Waals surface area contributed by atoms with Crippen molar-refractivity contribution in [3.05, 3.63) is 0 Å². The van der Waals surface area contributed by atoms with Crippen molar-refractivity contribution in [2.24, 2.45) is 11.8 Å². The highest BCUT2D eigenvalue weighted by Gasteiger charge is 2.28. The summed E-state index contributed by atoms with van der Waals surface area (Å²) in [6.45, 7) is 2.23. The Hall–Kier alpha value is -0.530. The van der Waals surface area contributed by atoms with Crippen LogP contribution < -0.4 is 0 Å². The van der Waals surface area contributed by atoms with E-state index < -0.39 is 5.97 Å². The van der Waals surface area contributed by atoms with E-state index in [0.717, 1.165) is 25.7 Å². The molecule has 1 aliphatic carbocycles. The molecule has 1 aliphatic rings. The second kappa shape index (κ2) is 8.54. The van der Waals surface area contributed by atoms with Crippen molar-refractivity contribution in [3.63, 3.8) is 0 Å². The molecule has 0 amide bonds. The van der Waals surface area contributed by atoms with Gasteiger partial charge < -0.3 is 5.11 Å². The molecule has 2 heteroatoms. The Balaban J connectivity index is 2.28. The lowest BCUT2D eigenvalue weighted by atomic mass is 9.84. The predicted octanol–water partition coefficient (Wildman–Crippen LogP) is 4.63. The lowest BCUT2D eigenvalue weighted by Crippen LogP contribution is -2.22. The van der Waals surface area contributed by atoms with E-state index in [1.807, 2.05) is 0 Å². The summed E-state index contributed by atoms with van der Waals surface area (Å²) in [6.07, 6.45) is 13.2. The van der Waals surface area contributed by atoms with Gasteiger partial charge in [-0.25, -0.2) is 0 Å². The Morgan fingerprint density at radius 3 is 2.47 bits per heavy atom. The zero-order valence-electron chi connectivity index (χ0n) is 11.3. The van der Waals surface area contributed by atoms with Crippen LogP contribution in [0.1, 0.15) is 77.6 Å². The summed E-state index contributed by atoms with van der Waals surface area (Å²) < 4.78 is 0. The first-order valence-electron chi connectivity index (χ1n) is 7.48. The molecule has 1 saturated carbocycles. The predicted molar refractivity (Wildman–Crippen MR) is 71.1 cm³/mol. The molecule has 0 spiro atoms. The maximum atomic E-state index is 11.3. The first kappa shape index (κ1) is 14.5. The topological polar surface area (TPSA) is 37.3 Å². The van der Waals surface area contributed by atoms with E-state index in [4.69, 9.17) is 0 Å². The van der Waals surface area contributed by atoms with E-state index in [-0.39, 0.29) is 5.92 Å². The average Bonchev–Trinajstić information content (AvgIpc) is 2.54. The summed E-state index contributed by atoms with van der Waals surface area (Å²) in [5.74, 6) is -0.147. The van der Waals surface area contributed by atoms with Crippen molar-refractivity contribution < 1.29 is 9.90 Å². The zero-order valence-corrected chi connectivity index (χ0v) is 11.3.